The zero-order chi connectivity index (χ0) is 15.1. The van der Waals surface area contributed by atoms with E-state index in [1.807, 2.05) is 24.3 Å². The standard InChI is InChI=1S/C17H16FNOS/c1-20-16-6-2-3-7-17(16)21-12-14-8-9-15(18)11-13(14)5-4-10-19/h2-3,6-9,11H,10,12,19H2,1H3. The third-order valence-corrected chi connectivity index (χ3v) is 3.95. The van der Waals surface area contributed by atoms with Crippen molar-refractivity contribution in [2.45, 2.75) is 10.6 Å². The first kappa shape index (κ1) is 15.4. The van der Waals surface area contributed by atoms with Gasteiger partial charge in [-0.1, -0.05) is 30.0 Å². The topological polar surface area (TPSA) is 35.2 Å². The second kappa shape index (κ2) is 7.72. The minimum Gasteiger partial charge on any atom is -0.496 e. The fourth-order valence-corrected chi connectivity index (χ4v) is 2.86. The van der Waals surface area contributed by atoms with Gasteiger partial charge in [-0.15, -0.1) is 11.8 Å². The maximum absolute atomic E-state index is 13.3. The lowest BCUT2D eigenvalue weighted by Gasteiger charge is -2.09. The fourth-order valence-electron chi connectivity index (χ4n) is 1.83. The zero-order valence-electron chi connectivity index (χ0n) is 11.7. The maximum atomic E-state index is 13.3. The van der Waals surface area contributed by atoms with E-state index in [0.29, 0.717) is 11.3 Å². The summed E-state index contributed by atoms with van der Waals surface area (Å²) in [5.41, 5.74) is 7.04. The molecule has 4 heteroatoms. The molecular weight excluding hydrogens is 285 g/mol. The molecule has 2 rings (SSSR count). The molecule has 0 spiro atoms. The maximum Gasteiger partial charge on any atom is 0.132 e. The van der Waals surface area contributed by atoms with E-state index in [9.17, 15) is 4.39 Å². The third-order valence-electron chi connectivity index (χ3n) is 2.85. The summed E-state index contributed by atoms with van der Waals surface area (Å²) in [7, 11) is 1.65. The van der Waals surface area contributed by atoms with Crippen molar-refractivity contribution in [1.82, 2.24) is 0 Å². The van der Waals surface area contributed by atoms with E-state index in [1.54, 1.807) is 24.9 Å². The number of hydrogen-bond acceptors (Lipinski definition) is 3. The Balaban J connectivity index is 2.20. The number of hydrogen-bond donors (Lipinski definition) is 1. The van der Waals surface area contributed by atoms with Crippen LogP contribution in [0.4, 0.5) is 4.39 Å². The van der Waals surface area contributed by atoms with E-state index in [2.05, 4.69) is 11.8 Å². The summed E-state index contributed by atoms with van der Waals surface area (Å²) in [5, 5.41) is 0. The number of para-hydroxylation sites is 1. The van der Waals surface area contributed by atoms with Crippen molar-refractivity contribution in [2.24, 2.45) is 5.73 Å². The summed E-state index contributed by atoms with van der Waals surface area (Å²) in [6.45, 7) is 0.260. The minimum absolute atomic E-state index is 0.260. The SMILES string of the molecule is COc1ccccc1SCc1ccc(F)cc1C#CCN. The largest absolute Gasteiger partial charge is 0.496 e. The van der Waals surface area contributed by atoms with Crippen LogP contribution in [0, 0.1) is 17.7 Å². The van der Waals surface area contributed by atoms with Crippen LogP contribution in [0.2, 0.25) is 0 Å². The molecular formula is C17H16FNOS. The second-order valence-corrected chi connectivity index (χ2v) is 5.26. The smallest absolute Gasteiger partial charge is 0.132 e. The van der Waals surface area contributed by atoms with Crippen LogP contribution in [-0.4, -0.2) is 13.7 Å². The van der Waals surface area contributed by atoms with Crippen LogP contribution in [-0.2, 0) is 5.75 Å². The highest BCUT2D eigenvalue weighted by molar-refractivity contribution is 7.98. The van der Waals surface area contributed by atoms with Crippen molar-refractivity contribution in [3.63, 3.8) is 0 Å². The molecule has 2 nitrogen and oxygen atoms in total. The Morgan fingerprint density at radius 2 is 2.05 bits per heavy atom. The summed E-state index contributed by atoms with van der Waals surface area (Å²) in [5.74, 6) is 6.92. The number of nitrogens with two attached hydrogens (primary N) is 1. The van der Waals surface area contributed by atoms with Gasteiger partial charge in [0.2, 0.25) is 0 Å². The number of thioether (sulfide) groups is 1. The molecule has 0 saturated carbocycles. The van der Waals surface area contributed by atoms with Crippen LogP contribution in [0.1, 0.15) is 11.1 Å². The Morgan fingerprint density at radius 1 is 1.24 bits per heavy atom. The van der Waals surface area contributed by atoms with Crippen molar-refractivity contribution in [2.75, 3.05) is 13.7 Å². The Morgan fingerprint density at radius 3 is 2.81 bits per heavy atom. The molecule has 0 atom stereocenters. The Kier molecular flexibility index (Phi) is 5.68. The zero-order valence-corrected chi connectivity index (χ0v) is 12.5. The average molecular weight is 301 g/mol. The molecule has 0 amide bonds. The number of methoxy groups -OCH3 is 1. The van der Waals surface area contributed by atoms with Gasteiger partial charge in [0, 0.05) is 16.2 Å². The van der Waals surface area contributed by atoms with Crippen LogP contribution in [0.3, 0.4) is 0 Å². The molecule has 0 aliphatic rings. The molecule has 0 unspecified atom stereocenters. The van der Waals surface area contributed by atoms with E-state index < -0.39 is 0 Å². The number of ether oxygens (including phenoxy) is 1. The first-order valence-electron chi connectivity index (χ1n) is 6.47. The number of benzene rings is 2. The van der Waals surface area contributed by atoms with E-state index in [0.717, 1.165) is 16.2 Å². The first-order valence-corrected chi connectivity index (χ1v) is 7.46. The van der Waals surface area contributed by atoms with Crippen LogP contribution < -0.4 is 10.5 Å². The molecule has 0 fully saturated rings. The molecule has 0 bridgehead atoms. The lowest BCUT2D eigenvalue weighted by atomic mass is 10.1. The van der Waals surface area contributed by atoms with Gasteiger partial charge < -0.3 is 10.5 Å². The van der Waals surface area contributed by atoms with Crippen molar-refractivity contribution < 1.29 is 9.13 Å². The van der Waals surface area contributed by atoms with Crippen molar-refractivity contribution in [3.8, 4) is 17.6 Å². The highest BCUT2D eigenvalue weighted by Gasteiger charge is 2.06. The van der Waals surface area contributed by atoms with Gasteiger partial charge in [0.05, 0.1) is 13.7 Å². The molecule has 0 saturated heterocycles. The van der Waals surface area contributed by atoms with Gasteiger partial charge in [-0.2, -0.15) is 0 Å². The van der Waals surface area contributed by atoms with Crippen LogP contribution in [0.5, 0.6) is 5.75 Å². The van der Waals surface area contributed by atoms with Crippen molar-refractivity contribution in [3.05, 3.63) is 59.4 Å². The Bertz CT molecular complexity index is 676. The summed E-state index contributed by atoms with van der Waals surface area (Å²) in [4.78, 5) is 1.04. The van der Waals surface area contributed by atoms with E-state index >= 15 is 0 Å². The van der Waals surface area contributed by atoms with Crippen LogP contribution >= 0.6 is 11.8 Å². The van der Waals surface area contributed by atoms with E-state index in [1.165, 1.54) is 12.1 Å². The lowest BCUT2D eigenvalue weighted by Crippen LogP contribution is -1.95. The predicted octanol–water partition coefficient (Wildman–Crippen LogP) is 3.44. The van der Waals surface area contributed by atoms with Crippen molar-refractivity contribution >= 4 is 11.8 Å². The molecule has 108 valence electrons. The third kappa shape index (κ3) is 4.25. The number of rotatable bonds is 4. The Labute approximate surface area is 128 Å². The van der Waals surface area contributed by atoms with Gasteiger partial charge in [-0.25, -0.2) is 4.39 Å². The van der Waals surface area contributed by atoms with Crippen LogP contribution in [0.25, 0.3) is 0 Å². The molecule has 2 N–H and O–H groups in total. The summed E-state index contributed by atoms with van der Waals surface area (Å²) >= 11 is 1.63. The van der Waals surface area contributed by atoms with Gasteiger partial charge in [-0.05, 0) is 29.8 Å². The highest BCUT2D eigenvalue weighted by Crippen LogP contribution is 2.31. The summed E-state index contributed by atoms with van der Waals surface area (Å²) in [6, 6.07) is 12.5. The van der Waals surface area contributed by atoms with Gasteiger partial charge >= 0.3 is 0 Å². The van der Waals surface area contributed by atoms with Crippen LogP contribution in [0.15, 0.2) is 47.4 Å². The molecule has 2 aromatic carbocycles. The van der Waals surface area contributed by atoms with E-state index in [4.69, 9.17) is 10.5 Å². The van der Waals surface area contributed by atoms with Gasteiger partial charge in [0.1, 0.15) is 11.6 Å². The van der Waals surface area contributed by atoms with Gasteiger partial charge in [-0.3, -0.25) is 0 Å². The second-order valence-electron chi connectivity index (χ2n) is 4.25. The lowest BCUT2D eigenvalue weighted by molar-refractivity contribution is 0.405. The molecule has 0 heterocycles. The summed E-state index contributed by atoms with van der Waals surface area (Å²) < 4.78 is 18.7. The molecule has 0 radical (unpaired) electrons. The number of halogens is 1. The van der Waals surface area contributed by atoms with E-state index in [-0.39, 0.29) is 12.4 Å². The monoisotopic (exact) mass is 301 g/mol. The quantitative estimate of drug-likeness (QED) is 0.694. The Hall–Kier alpha value is -1.96. The highest BCUT2D eigenvalue weighted by atomic mass is 32.2. The average Bonchev–Trinajstić information content (AvgIpc) is 2.52. The molecule has 0 aliphatic carbocycles. The minimum atomic E-state index is -0.289. The normalized spacial score (nSPS) is 9.86. The summed E-state index contributed by atoms with van der Waals surface area (Å²) in [6.07, 6.45) is 0. The van der Waals surface area contributed by atoms with Gasteiger partial charge in [0.25, 0.3) is 0 Å². The fraction of sp³-hybridized carbons (Fsp3) is 0.176. The van der Waals surface area contributed by atoms with Gasteiger partial charge in [0.15, 0.2) is 0 Å². The molecule has 21 heavy (non-hydrogen) atoms. The molecule has 2 aromatic rings. The first-order chi connectivity index (χ1) is 10.2. The van der Waals surface area contributed by atoms with Crippen molar-refractivity contribution in [1.29, 1.82) is 0 Å². The molecule has 0 aliphatic heterocycles. The molecule has 0 aromatic heterocycles. The predicted molar refractivity (Wildman–Crippen MR) is 84.9 cm³/mol.